The van der Waals surface area contributed by atoms with E-state index in [2.05, 4.69) is 11.5 Å². The quantitative estimate of drug-likeness (QED) is 0.456. The predicted molar refractivity (Wildman–Crippen MR) is 132 cm³/mol. The minimum atomic E-state index is -2.09. The summed E-state index contributed by atoms with van der Waals surface area (Å²) in [6, 6.07) is 0. The lowest BCUT2D eigenvalue weighted by Gasteiger charge is -2.66. The number of fused-ring (bicyclic) bond motifs is 3. The summed E-state index contributed by atoms with van der Waals surface area (Å²) in [4.78, 5) is 29.0. The molecule has 0 spiro atoms. The van der Waals surface area contributed by atoms with Crippen molar-refractivity contribution >= 4 is 23.5 Å². The number of aliphatic hydroxyl groups excluding tert-OH is 1. The summed E-state index contributed by atoms with van der Waals surface area (Å²) in [5.41, 5.74) is -5.68. The van der Waals surface area contributed by atoms with Gasteiger partial charge >= 0.3 is 5.97 Å². The zero-order chi connectivity index (χ0) is 25.2. The number of nitrogens with zero attached hydrogens (tertiary/aromatic N) is 1. The highest BCUT2D eigenvalue weighted by molar-refractivity contribution is 7.99. The molecule has 7 nitrogen and oxygen atoms in total. The summed E-state index contributed by atoms with van der Waals surface area (Å²) < 4.78 is 12.5. The Morgan fingerprint density at radius 3 is 2.56 bits per heavy atom. The molecule has 2 aliphatic heterocycles. The van der Waals surface area contributed by atoms with Crippen molar-refractivity contribution < 1.29 is 29.3 Å². The van der Waals surface area contributed by atoms with Crippen LogP contribution in [0, 0.1) is 10.8 Å². The molecule has 0 radical (unpaired) electrons. The molecule has 4 rings (SSSR count). The highest BCUT2D eigenvalue weighted by Crippen LogP contribution is 2.64. The van der Waals surface area contributed by atoms with Gasteiger partial charge in [0, 0.05) is 31.0 Å². The maximum absolute atomic E-state index is 13.8. The first-order valence-corrected chi connectivity index (χ1v) is 13.4. The van der Waals surface area contributed by atoms with Gasteiger partial charge in [0.05, 0.1) is 23.7 Å². The molecular formula is C26H39NO6S. The number of carbonyl (C=O) groups excluding carboxylic acids is 2. The number of ketones is 1. The Kier molecular flexibility index (Phi) is 6.43. The van der Waals surface area contributed by atoms with Crippen LogP contribution in [0.25, 0.3) is 0 Å². The lowest BCUT2D eigenvalue weighted by atomic mass is 9.44. The van der Waals surface area contributed by atoms with E-state index in [-0.39, 0.29) is 13.0 Å². The van der Waals surface area contributed by atoms with Crippen molar-refractivity contribution in [3.05, 3.63) is 24.3 Å². The lowest BCUT2D eigenvalue weighted by Crippen LogP contribution is -2.81. The number of carbonyl (C=O) groups is 2. The van der Waals surface area contributed by atoms with Gasteiger partial charge in [0.25, 0.3) is 0 Å². The smallest absolute Gasteiger partial charge is 0.320 e. The van der Waals surface area contributed by atoms with Crippen LogP contribution in [0.4, 0.5) is 0 Å². The van der Waals surface area contributed by atoms with E-state index in [1.165, 1.54) is 0 Å². The molecule has 190 valence electrons. The Bertz CT molecular complexity index is 913. The molecule has 2 aliphatic carbocycles. The molecule has 34 heavy (non-hydrogen) atoms. The molecule has 2 heterocycles. The van der Waals surface area contributed by atoms with Crippen LogP contribution in [-0.4, -0.2) is 87.0 Å². The summed E-state index contributed by atoms with van der Waals surface area (Å²) in [6.45, 7) is 14.8. The van der Waals surface area contributed by atoms with E-state index < -0.39 is 51.6 Å². The van der Waals surface area contributed by atoms with Gasteiger partial charge in [-0.15, -0.1) is 6.58 Å². The van der Waals surface area contributed by atoms with Crippen molar-refractivity contribution in [2.45, 2.75) is 82.9 Å². The topological polar surface area (TPSA) is 96.3 Å². The fourth-order valence-electron chi connectivity index (χ4n) is 6.72. The second kappa shape index (κ2) is 8.44. The highest BCUT2D eigenvalue weighted by atomic mass is 32.2. The number of hydrogen-bond donors (Lipinski definition) is 2. The molecule has 0 bridgehead atoms. The SMILES string of the molecule is C=C[C@@]1(C)CC(=O)[C@@]2(O)[C@](C)(O1)[C@@H](OC(=O)CN1CCSCC1)C=C1C(C)(C)CC[C@H](O)[C@@]12C. The van der Waals surface area contributed by atoms with Crippen LogP contribution in [0.1, 0.15) is 53.9 Å². The first-order valence-electron chi connectivity index (χ1n) is 12.2. The summed E-state index contributed by atoms with van der Waals surface area (Å²) >= 11 is 1.86. The monoisotopic (exact) mass is 493 g/mol. The van der Waals surface area contributed by atoms with Gasteiger partial charge in [-0.3, -0.25) is 14.5 Å². The van der Waals surface area contributed by atoms with E-state index in [1.807, 2.05) is 31.7 Å². The van der Waals surface area contributed by atoms with Gasteiger partial charge < -0.3 is 19.7 Å². The van der Waals surface area contributed by atoms with Crippen LogP contribution >= 0.6 is 11.8 Å². The number of aliphatic hydroxyl groups is 2. The minimum Gasteiger partial charge on any atom is -0.454 e. The summed E-state index contributed by atoms with van der Waals surface area (Å²) in [5.74, 6) is 1.09. The van der Waals surface area contributed by atoms with Crippen molar-refractivity contribution in [1.29, 1.82) is 0 Å². The van der Waals surface area contributed by atoms with Crippen molar-refractivity contribution in [2.24, 2.45) is 10.8 Å². The van der Waals surface area contributed by atoms with Crippen LogP contribution in [0.3, 0.4) is 0 Å². The first kappa shape index (κ1) is 25.9. The Morgan fingerprint density at radius 2 is 1.94 bits per heavy atom. The zero-order valence-corrected chi connectivity index (χ0v) is 21.9. The van der Waals surface area contributed by atoms with Crippen LogP contribution in [0.2, 0.25) is 0 Å². The van der Waals surface area contributed by atoms with Gasteiger partial charge in [-0.05, 0) is 45.1 Å². The van der Waals surface area contributed by atoms with Gasteiger partial charge in [-0.1, -0.05) is 25.5 Å². The van der Waals surface area contributed by atoms with Gasteiger partial charge in [-0.25, -0.2) is 0 Å². The number of thioether (sulfide) groups is 1. The van der Waals surface area contributed by atoms with Crippen LogP contribution in [0.15, 0.2) is 24.3 Å². The third kappa shape index (κ3) is 3.63. The van der Waals surface area contributed by atoms with Crippen molar-refractivity contribution in [1.82, 2.24) is 4.90 Å². The molecule has 2 N–H and O–H groups in total. The summed E-state index contributed by atoms with van der Waals surface area (Å²) in [7, 11) is 0. The molecule has 0 aromatic carbocycles. The third-order valence-corrected chi connectivity index (χ3v) is 9.78. The van der Waals surface area contributed by atoms with E-state index >= 15 is 0 Å². The Morgan fingerprint density at radius 1 is 1.29 bits per heavy atom. The van der Waals surface area contributed by atoms with Crippen LogP contribution < -0.4 is 0 Å². The maximum atomic E-state index is 13.8. The van der Waals surface area contributed by atoms with Crippen LogP contribution in [0.5, 0.6) is 0 Å². The molecule has 8 heteroatoms. The molecule has 2 saturated heterocycles. The lowest BCUT2D eigenvalue weighted by molar-refractivity contribution is -0.305. The number of hydrogen-bond acceptors (Lipinski definition) is 8. The molecule has 0 amide bonds. The predicted octanol–water partition coefficient (Wildman–Crippen LogP) is 2.50. The molecule has 4 aliphatic rings. The van der Waals surface area contributed by atoms with Crippen LogP contribution in [-0.2, 0) is 19.1 Å². The molecule has 6 atom stereocenters. The second-order valence-corrected chi connectivity index (χ2v) is 12.8. The molecule has 0 aromatic rings. The van der Waals surface area contributed by atoms with Gasteiger partial charge in [0.2, 0.25) is 0 Å². The van der Waals surface area contributed by atoms with E-state index in [0.717, 1.165) is 30.2 Å². The fourth-order valence-corrected chi connectivity index (χ4v) is 7.70. The number of ether oxygens (including phenoxy) is 2. The molecular weight excluding hydrogens is 454 g/mol. The van der Waals surface area contributed by atoms with Gasteiger partial charge in [0.15, 0.2) is 17.5 Å². The Hall–Kier alpha value is -1.19. The largest absolute Gasteiger partial charge is 0.454 e. The molecule has 3 fully saturated rings. The standard InChI is InChI=1S/C26H39NO6S/c1-7-23(4)15-19(29)26(31)24(5)17(22(2,3)9-8-18(24)28)14-20(25(26,6)33-23)32-21(30)16-27-10-12-34-13-11-27/h7,14,18,20,28,31H,1,8-13,15-16H2,2-6H3/t18-,20-,23-,24+,25+,26-/m0/s1. The maximum Gasteiger partial charge on any atom is 0.320 e. The van der Waals surface area contributed by atoms with Crippen molar-refractivity contribution in [3.63, 3.8) is 0 Å². The number of esters is 1. The normalized spacial score (nSPS) is 44.4. The Balaban J connectivity index is 1.81. The molecule has 1 saturated carbocycles. The van der Waals surface area contributed by atoms with E-state index in [4.69, 9.17) is 9.47 Å². The second-order valence-electron chi connectivity index (χ2n) is 11.6. The van der Waals surface area contributed by atoms with Gasteiger partial charge in [0.1, 0.15) is 5.60 Å². The summed E-state index contributed by atoms with van der Waals surface area (Å²) in [5, 5.41) is 23.7. The molecule has 0 aromatic heterocycles. The Labute approximate surface area is 206 Å². The van der Waals surface area contributed by atoms with E-state index in [1.54, 1.807) is 26.8 Å². The first-order chi connectivity index (χ1) is 15.7. The number of rotatable bonds is 4. The van der Waals surface area contributed by atoms with E-state index in [9.17, 15) is 19.8 Å². The van der Waals surface area contributed by atoms with Crippen molar-refractivity contribution in [3.8, 4) is 0 Å². The summed E-state index contributed by atoms with van der Waals surface area (Å²) in [6.07, 6.45) is 2.51. The zero-order valence-electron chi connectivity index (χ0n) is 21.1. The average Bonchev–Trinajstić information content (AvgIpc) is 2.76. The van der Waals surface area contributed by atoms with Gasteiger partial charge in [-0.2, -0.15) is 11.8 Å². The fraction of sp³-hybridized carbons (Fsp3) is 0.769. The molecule has 0 unspecified atom stereocenters. The minimum absolute atomic E-state index is 0.0787. The third-order valence-electron chi connectivity index (χ3n) is 8.84. The number of Topliss-reactive ketones (excluding diaryl/α,β-unsaturated/α-hetero) is 1. The van der Waals surface area contributed by atoms with E-state index in [0.29, 0.717) is 12.8 Å². The average molecular weight is 494 g/mol. The highest BCUT2D eigenvalue weighted by Gasteiger charge is 2.76. The van der Waals surface area contributed by atoms with Crippen molar-refractivity contribution in [2.75, 3.05) is 31.1 Å².